The van der Waals surface area contributed by atoms with Gasteiger partial charge in [-0.05, 0) is 0 Å². The van der Waals surface area contributed by atoms with Gasteiger partial charge in [0.2, 0.25) is 0 Å². The molecule has 1 nitrogen and oxygen atoms in total. The summed E-state index contributed by atoms with van der Waals surface area (Å²) in [6, 6.07) is 25.0. The molecule has 0 aliphatic carbocycles. The molecule has 3 radical (unpaired) electrons. The van der Waals surface area contributed by atoms with Gasteiger partial charge in [-0.2, -0.15) is 72.8 Å². The number of nitrogens with zero attached hydrogens (tertiary/aromatic N) is 1. The fraction of sp³-hybridized carbons (Fsp3) is 0. The summed E-state index contributed by atoms with van der Waals surface area (Å²) in [5.74, 6) is 0. The smallest absolute Gasteiger partial charge is 0 e. The van der Waals surface area contributed by atoms with E-state index in [0.29, 0.717) is 0 Å². The summed E-state index contributed by atoms with van der Waals surface area (Å²) in [4.78, 5) is 0. The van der Waals surface area contributed by atoms with Gasteiger partial charge in [0.25, 0.3) is 0 Å². The predicted molar refractivity (Wildman–Crippen MR) is 67.0 cm³/mol. The SMILES string of the molecule is [C-]#N.[Cu].[Li].[Li].[c-]1ccccc1.[c-]1ccccc1. The third kappa shape index (κ3) is 21.5. The third-order valence-electron chi connectivity index (χ3n) is 1.21. The molecular weight excluding hydrogens is 248 g/mol. The van der Waals surface area contributed by atoms with Crippen molar-refractivity contribution in [2.24, 2.45) is 0 Å². The average molecular weight is 258 g/mol. The molecule has 0 heterocycles. The van der Waals surface area contributed by atoms with Crippen molar-refractivity contribution < 1.29 is 17.1 Å². The summed E-state index contributed by atoms with van der Waals surface area (Å²) < 4.78 is 0. The van der Waals surface area contributed by atoms with E-state index in [1.165, 1.54) is 0 Å². The molecule has 83 valence electrons. The van der Waals surface area contributed by atoms with Gasteiger partial charge in [0.1, 0.15) is 0 Å². The molecule has 2 aromatic carbocycles. The van der Waals surface area contributed by atoms with Crippen LogP contribution in [0.25, 0.3) is 0 Å². The van der Waals surface area contributed by atoms with E-state index in [0.717, 1.165) is 0 Å². The van der Waals surface area contributed by atoms with Crippen molar-refractivity contribution in [3.63, 3.8) is 0 Å². The molecular formula is C13H10CuLi2N-3. The fourth-order valence-electron chi connectivity index (χ4n) is 0.684. The van der Waals surface area contributed by atoms with Gasteiger partial charge in [-0.25, -0.2) is 0 Å². The van der Waals surface area contributed by atoms with Crippen molar-refractivity contribution in [3.8, 4) is 0 Å². The molecule has 4 heteroatoms. The van der Waals surface area contributed by atoms with Crippen LogP contribution in [-0.2, 0) is 17.1 Å². The van der Waals surface area contributed by atoms with Crippen LogP contribution in [-0.4, -0.2) is 37.7 Å². The Morgan fingerprint density at radius 3 is 0.882 bits per heavy atom. The first-order chi connectivity index (χ1) is 7.00. The molecule has 0 aliphatic heterocycles. The van der Waals surface area contributed by atoms with Gasteiger partial charge in [0.15, 0.2) is 0 Å². The minimum atomic E-state index is 0. The Balaban J connectivity index is -0.0000000752. The van der Waals surface area contributed by atoms with Crippen LogP contribution in [0.3, 0.4) is 0 Å². The maximum absolute atomic E-state index is 6.25. The summed E-state index contributed by atoms with van der Waals surface area (Å²) in [5, 5.41) is 6.25. The van der Waals surface area contributed by atoms with E-state index in [9.17, 15) is 0 Å². The van der Waals surface area contributed by atoms with Crippen molar-refractivity contribution in [2.75, 3.05) is 0 Å². The molecule has 17 heavy (non-hydrogen) atoms. The van der Waals surface area contributed by atoms with E-state index >= 15 is 0 Å². The minimum Gasteiger partial charge on any atom is -0.512 e. The molecule has 0 bridgehead atoms. The number of hydrogen-bond acceptors (Lipinski definition) is 1. The molecule has 0 saturated heterocycles. The summed E-state index contributed by atoms with van der Waals surface area (Å²) >= 11 is 0. The summed E-state index contributed by atoms with van der Waals surface area (Å²) in [7, 11) is 0. The van der Waals surface area contributed by atoms with Gasteiger partial charge in [-0.15, -0.1) is 0 Å². The Kier molecular flexibility index (Phi) is 37.1. The van der Waals surface area contributed by atoms with E-state index in [1.807, 2.05) is 60.7 Å². The largest absolute Gasteiger partial charge is 0.512 e. The van der Waals surface area contributed by atoms with Crippen molar-refractivity contribution in [2.45, 2.75) is 0 Å². The van der Waals surface area contributed by atoms with Crippen molar-refractivity contribution in [3.05, 3.63) is 79.4 Å². The van der Waals surface area contributed by atoms with E-state index in [-0.39, 0.29) is 54.8 Å². The van der Waals surface area contributed by atoms with Crippen LogP contribution in [0, 0.1) is 24.0 Å². The Labute approximate surface area is 138 Å². The van der Waals surface area contributed by atoms with E-state index < -0.39 is 0 Å². The molecule has 2 rings (SSSR count). The first-order valence-corrected chi connectivity index (χ1v) is 4.04. The fourth-order valence-corrected chi connectivity index (χ4v) is 0.684. The molecule has 0 unspecified atom stereocenters. The van der Waals surface area contributed by atoms with Gasteiger partial charge < -0.3 is 11.8 Å². The molecule has 2 aromatic rings. The van der Waals surface area contributed by atoms with Crippen LogP contribution < -0.4 is 0 Å². The van der Waals surface area contributed by atoms with Crippen LogP contribution in [0.2, 0.25) is 0 Å². The van der Waals surface area contributed by atoms with Crippen molar-refractivity contribution in [1.29, 1.82) is 5.26 Å². The summed E-state index contributed by atoms with van der Waals surface area (Å²) in [5.41, 5.74) is 0. The predicted octanol–water partition coefficient (Wildman–Crippen LogP) is 2.31. The van der Waals surface area contributed by atoms with Crippen LogP contribution in [0.5, 0.6) is 0 Å². The zero-order valence-electron chi connectivity index (χ0n) is 10.0. The van der Waals surface area contributed by atoms with Crippen molar-refractivity contribution >= 4 is 37.7 Å². The maximum Gasteiger partial charge on any atom is 0 e. The van der Waals surface area contributed by atoms with Gasteiger partial charge in [-0.3, -0.25) is 0 Å². The number of hydrogen-bond donors (Lipinski definition) is 0. The number of benzene rings is 2. The van der Waals surface area contributed by atoms with E-state index in [1.54, 1.807) is 0 Å². The van der Waals surface area contributed by atoms with E-state index in [4.69, 9.17) is 11.8 Å². The molecule has 0 atom stereocenters. The quantitative estimate of drug-likeness (QED) is 0.525. The maximum atomic E-state index is 6.25. The second-order valence-electron chi connectivity index (χ2n) is 2.15. The van der Waals surface area contributed by atoms with Crippen LogP contribution in [0.1, 0.15) is 0 Å². The molecule has 0 fully saturated rings. The Bertz CT molecular complexity index is 229. The normalized spacial score (nSPS) is 5.76. The van der Waals surface area contributed by atoms with E-state index in [2.05, 4.69) is 12.1 Å². The summed E-state index contributed by atoms with van der Waals surface area (Å²) in [6.07, 6.45) is 0. The van der Waals surface area contributed by atoms with Gasteiger partial charge in [0, 0.05) is 54.8 Å². The molecule has 0 amide bonds. The summed E-state index contributed by atoms with van der Waals surface area (Å²) in [6.45, 7) is 4.75. The average Bonchev–Trinajstić information content (AvgIpc) is 2.37. The van der Waals surface area contributed by atoms with Gasteiger partial charge >= 0.3 is 0 Å². The molecule has 0 N–H and O–H groups in total. The Hall–Kier alpha value is -0.356. The van der Waals surface area contributed by atoms with Crippen LogP contribution in [0.4, 0.5) is 0 Å². The number of rotatable bonds is 0. The van der Waals surface area contributed by atoms with Gasteiger partial charge in [0.05, 0.1) is 0 Å². The standard InChI is InChI=1S/2C6H5.CN.Cu.2Li/c2*1-2-4-6-5-3-1;1-2;;;/h2*1-5H;;;;/q3*-1;;;. The molecule has 0 aromatic heterocycles. The molecule has 0 saturated carbocycles. The van der Waals surface area contributed by atoms with Gasteiger partial charge in [-0.1, -0.05) is 0 Å². The zero-order chi connectivity index (χ0) is 10.5. The van der Waals surface area contributed by atoms with Crippen molar-refractivity contribution in [1.82, 2.24) is 0 Å². The Morgan fingerprint density at radius 1 is 0.588 bits per heavy atom. The first kappa shape index (κ1) is 25.5. The minimum absolute atomic E-state index is 0. The second-order valence-corrected chi connectivity index (χ2v) is 2.15. The monoisotopic (exact) mass is 257 g/mol. The molecule has 0 spiro atoms. The van der Waals surface area contributed by atoms with Crippen LogP contribution >= 0.6 is 0 Å². The molecule has 0 aliphatic rings. The second kappa shape index (κ2) is 24.7. The third-order valence-corrected chi connectivity index (χ3v) is 1.21. The zero-order valence-corrected chi connectivity index (χ0v) is 11.0. The topological polar surface area (TPSA) is 23.8 Å². The Morgan fingerprint density at radius 2 is 0.824 bits per heavy atom. The first-order valence-electron chi connectivity index (χ1n) is 4.04. The van der Waals surface area contributed by atoms with Crippen LogP contribution in [0.15, 0.2) is 60.7 Å².